The van der Waals surface area contributed by atoms with E-state index < -0.39 is 0 Å². The molecule has 0 saturated heterocycles. The summed E-state index contributed by atoms with van der Waals surface area (Å²) in [5, 5.41) is 3.23. The lowest BCUT2D eigenvalue weighted by Gasteiger charge is -2.11. The van der Waals surface area contributed by atoms with Gasteiger partial charge in [0, 0.05) is 18.0 Å². The molecule has 0 bridgehead atoms. The zero-order chi connectivity index (χ0) is 21.5. The molecule has 7 heteroatoms. The number of carbonyl (C=O) groups is 1. The molecule has 1 aromatic heterocycles. The molecule has 154 valence electrons. The van der Waals surface area contributed by atoms with Gasteiger partial charge in [-0.2, -0.15) is 0 Å². The number of hydrogen-bond acceptors (Lipinski definition) is 5. The molecular weight excluding hydrogens is 404 g/mol. The van der Waals surface area contributed by atoms with Crippen LogP contribution in [0, 0.1) is 6.92 Å². The van der Waals surface area contributed by atoms with Crippen LogP contribution in [-0.2, 0) is 4.79 Å². The lowest BCUT2D eigenvalue weighted by molar-refractivity contribution is -0.111. The molecule has 1 amide bonds. The lowest BCUT2D eigenvalue weighted by Crippen LogP contribution is -2.08. The molecule has 0 spiro atoms. The van der Waals surface area contributed by atoms with Crippen molar-refractivity contribution in [2.45, 2.75) is 6.92 Å². The number of amides is 1. The van der Waals surface area contributed by atoms with Gasteiger partial charge in [-0.15, -0.1) is 0 Å². The zero-order valence-corrected chi connectivity index (χ0v) is 17.6. The Morgan fingerprint density at radius 2 is 1.93 bits per heavy atom. The van der Waals surface area contributed by atoms with Crippen molar-refractivity contribution in [3.8, 4) is 23.0 Å². The van der Waals surface area contributed by atoms with E-state index in [1.54, 1.807) is 48.8 Å². The van der Waals surface area contributed by atoms with E-state index in [2.05, 4.69) is 10.3 Å². The second-order valence-electron chi connectivity index (χ2n) is 6.33. The van der Waals surface area contributed by atoms with Crippen molar-refractivity contribution < 1.29 is 19.0 Å². The van der Waals surface area contributed by atoms with Crippen LogP contribution < -0.4 is 19.5 Å². The lowest BCUT2D eigenvalue weighted by atomic mass is 10.1. The Balaban J connectivity index is 1.67. The van der Waals surface area contributed by atoms with Crippen molar-refractivity contribution in [3.05, 3.63) is 77.1 Å². The third-order valence-electron chi connectivity index (χ3n) is 4.19. The number of nitrogens with zero attached hydrogens (tertiary/aromatic N) is 1. The normalized spacial score (nSPS) is 10.7. The summed E-state index contributed by atoms with van der Waals surface area (Å²) in [5.74, 6) is 2.00. The van der Waals surface area contributed by atoms with E-state index in [-0.39, 0.29) is 5.91 Å². The zero-order valence-electron chi connectivity index (χ0n) is 16.8. The van der Waals surface area contributed by atoms with Crippen molar-refractivity contribution in [3.63, 3.8) is 0 Å². The Morgan fingerprint density at radius 1 is 1.10 bits per heavy atom. The molecule has 2 aromatic carbocycles. The number of aryl methyl sites for hydroxylation is 1. The van der Waals surface area contributed by atoms with Gasteiger partial charge in [0.2, 0.25) is 5.91 Å². The number of pyridine rings is 1. The van der Waals surface area contributed by atoms with Crippen LogP contribution >= 0.6 is 11.6 Å². The van der Waals surface area contributed by atoms with E-state index in [0.717, 1.165) is 5.56 Å². The van der Waals surface area contributed by atoms with Gasteiger partial charge >= 0.3 is 0 Å². The molecule has 0 unspecified atom stereocenters. The summed E-state index contributed by atoms with van der Waals surface area (Å²) in [6.45, 7) is 1.91. The fraction of sp³-hybridized carbons (Fsp3) is 0.130. The van der Waals surface area contributed by atoms with Crippen molar-refractivity contribution in [1.29, 1.82) is 0 Å². The van der Waals surface area contributed by atoms with Gasteiger partial charge in [0.05, 0.1) is 25.4 Å². The monoisotopic (exact) mass is 424 g/mol. The number of benzene rings is 2. The fourth-order valence-corrected chi connectivity index (χ4v) is 3.06. The van der Waals surface area contributed by atoms with Crippen molar-refractivity contribution in [2.24, 2.45) is 0 Å². The van der Waals surface area contributed by atoms with Gasteiger partial charge in [-0.25, -0.2) is 0 Å². The maximum Gasteiger partial charge on any atom is 0.248 e. The quantitative estimate of drug-likeness (QED) is 0.507. The Kier molecular flexibility index (Phi) is 6.93. The average molecular weight is 425 g/mol. The molecule has 3 aromatic rings. The summed E-state index contributed by atoms with van der Waals surface area (Å²) in [6, 6.07) is 12.5. The van der Waals surface area contributed by atoms with E-state index in [9.17, 15) is 4.79 Å². The third kappa shape index (κ3) is 5.30. The number of methoxy groups -OCH3 is 2. The average Bonchev–Trinajstić information content (AvgIpc) is 2.74. The molecule has 1 N–H and O–H groups in total. The Hall–Kier alpha value is -3.51. The van der Waals surface area contributed by atoms with Crippen LogP contribution in [0.1, 0.15) is 11.1 Å². The molecule has 0 aliphatic rings. The van der Waals surface area contributed by atoms with Gasteiger partial charge in [-0.3, -0.25) is 9.78 Å². The first kappa shape index (κ1) is 21.2. The molecule has 0 radical (unpaired) electrons. The largest absolute Gasteiger partial charge is 0.493 e. The molecule has 30 heavy (non-hydrogen) atoms. The predicted octanol–water partition coefficient (Wildman–Crippen LogP) is 5.50. The minimum absolute atomic E-state index is 0.277. The molecule has 0 aliphatic carbocycles. The third-order valence-corrected chi connectivity index (χ3v) is 4.47. The van der Waals surface area contributed by atoms with E-state index in [0.29, 0.717) is 39.3 Å². The topological polar surface area (TPSA) is 69.7 Å². The van der Waals surface area contributed by atoms with Crippen LogP contribution in [0.5, 0.6) is 23.0 Å². The maximum absolute atomic E-state index is 12.3. The molecule has 3 rings (SSSR count). The van der Waals surface area contributed by atoms with Gasteiger partial charge in [0.15, 0.2) is 11.5 Å². The highest BCUT2D eigenvalue weighted by Crippen LogP contribution is 2.36. The first-order valence-electron chi connectivity index (χ1n) is 9.09. The van der Waals surface area contributed by atoms with Gasteiger partial charge in [0.1, 0.15) is 11.5 Å². The molecular formula is C23H21ClN2O4. The first-order valence-corrected chi connectivity index (χ1v) is 9.47. The number of carbonyl (C=O) groups excluding carboxylic acids is 1. The Morgan fingerprint density at radius 3 is 2.60 bits per heavy atom. The van der Waals surface area contributed by atoms with Crippen LogP contribution in [0.4, 0.5) is 5.69 Å². The Bertz CT molecular complexity index is 1070. The van der Waals surface area contributed by atoms with Crippen LogP contribution in [0.3, 0.4) is 0 Å². The number of ether oxygens (including phenoxy) is 3. The summed E-state index contributed by atoms with van der Waals surface area (Å²) < 4.78 is 16.3. The summed E-state index contributed by atoms with van der Waals surface area (Å²) in [4.78, 5) is 16.3. The SMILES string of the molecule is COc1cc(/C=C/C(=O)Nc2ccc(Oc3cccnc3)c(C)c2)cc(Cl)c1OC. The second-order valence-corrected chi connectivity index (χ2v) is 6.74. The Labute approximate surface area is 180 Å². The van der Waals surface area contributed by atoms with Gasteiger partial charge in [-0.05, 0) is 66.6 Å². The standard InChI is InChI=1S/C23H21ClN2O4/c1-15-11-17(7-8-20(15)30-18-5-4-10-25-14-18)26-22(27)9-6-16-12-19(24)23(29-3)21(13-16)28-2/h4-14H,1-3H3,(H,26,27)/b9-6+. The maximum atomic E-state index is 12.3. The number of hydrogen-bond donors (Lipinski definition) is 1. The smallest absolute Gasteiger partial charge is 0.248 e. The molecule has 0 fully saturated rings. The molecule has 6 nitrogen and oxygen atoms in total. The highest BCUT2D eigenvalue weighted by Gasteiger charge is 2.10. The van der Waals surface area contributed by atoms with Crippen molar-refractivity contribution in [1.82, 2.24) is 4.98 Å². The number of nitrogens with one attached hydrogen (secondary N) is 1. The van der Waals surface area contributed by atoms with Crippen molar-refractivity contribution >= 4 is 29.3 Å². The first-order chi connectivity index (χ1) is 14.5. The van der Waals surface area contributed by atoms with Crippen molar-refractivity contribution in [2.75, 3.05) is 19.5 Å². The molecule has 0 atom stereocenters. The number of aromatic nitrogens is 1. The van der Waals surface area contributed by atoms with Crippen LogP contribution in [0.25, 0.3) is 6.08 Å². The highest BCUT2D eigenvalue weighted by atomic mass is 35.5. The molecule has 0 aliphatic heterocycles. The predicted molar refractivity (Wildman–Crippen MR) is 118 cm³/mol. The highest BCUT2D eigenvalue weighted by molar-refractivity contribution is 6.32. The number of anilines is 1. The number of halogens is 1. The second kappa shape index (κ2) is 9.80. The van der Waals surface area contributed by atoms with E-state index in [1.807, 2.05) is 19.1 Å². The van der Waals surface area contributed by atoms with Crippen LogP contribution in [0.15, 0.2) is 60.9 Å². The fourth-order valence-electron chi connectivity index (χ4n) is 2.77. The summed E-state index contributed by atoms with van der Waals surface area (Å²) >= 11 is 6.19. The minimum Gasteiger partial charge on any atom is -0.493 e. The van der Waals surface area contributed by atoms with Crippen LogP contribution in [0.2, 0.25) is 5.02 Å². The molecule has 1 heterocycles. The minimum atomic E-state index is -0.277. The van der Waals surface area contributed by atoms with Gasteiger partial charge < -0.3 is 19.5 Å². The van der Waals surface area contributed by atoms with Gasteiger partial charge in [-0.1, -0.05) is 11.6 Å². The van der Waals surface area contributed by atoms with E-state index in [1.165, 1.54) is 20.3 Å². The van der Waals surface area contributed by atoms with Crippen LogP contribution in [-0.4, -0.2) is 25.1 Å². The summed E-state index contributed by atoms with van der Waals surface area (Å²) in [7, 11) is 3.04. The molecule has 0 saturated carbocycles. The number of rotatable bonds is 7. The van der Waals surface area contributed by atoms with E-state index >= 15 is 0 Å². The summed E-state index contributed by atoms with van der Waals surface area (Å²) in [6.07, 6.45) is 6.39. The van der Waals surface area contributed by atoms with Gasteiger partial charge in [0.25, 0.3) is 0 Å². The van der Waals surface area contributed by atoms with E-state index in [4.69, 9.17) is 25.8 Å². The summed E-state index contributed by atoms with van der Waals surface area (Å²) in [5.41, 5.74) is 2.25.